The highest BCUT2D eigenvalue weighted by molar-refractivity contribution is 5.64. The predicted molar refractivity (Wildman–Crippen MR) is 142 cm³/mol. The van der Waals surface area contributed by atoms with E-state index in [0.717, 1.165) is 28.3 Å². The average molecular weight is 435 g/mol. The Morgan fingerprint density at radius 1 is 0.758 bits per heavy atom. The number of hydrogen-bond donors (Lipinski definition) is 3. The monoisotopic (exact) mass is 434 g/mol. The molecule has 0 saturated heterocycles. The fraction of sp³-hybridized carbons (Fsp3) is 0.0690. The number of hydrogen-bond acceptors (Lipinski definition) is 4. The largest absolute Gasteiger partial charge is 0.398 e. The Hall–Kier alpha value is -4.15. The van der Waals surface area contributed by atoms with E-state index in [-0.39, 0.29) is 6.04 Å². The molecule has 0 heterocycles. The van der Waals surface area contributed by atoms with Gasteiger partial charge in [0.2, 0.25) is 0 Å². The van der Waals surface area contributed by atoms with Gasteiger partial charge in [0.15, 0.2) is 0 Å². The van der Waals surface area contributed by atoms with Gasteiger partial charge in [-0.1, -0.05) is 78.9 Å². The first-order valence-electron chi connectivity index (χ1n) is 10.8. The van der Waals surface area contributed by atoms with Crippen LogP contribution in [0.1, 0.15) is 17.2 Å². The third kappa shape index (κ3) is 7.49. The van der Waals surface area contributed by atoms with Crippen LogP contribution in [0.15, 0.2) is 126 Å². The van der Waals surface area contributed by atoms with E-state index >= 15 is 0 Å². The highest BCUT2D eigenvalue weighted by Gasteiger charge is 2.08. The van der Waals surface area contributed by atoms with E-state index in [0.29, 0.717) is 0 Å². The van der Waals surface area contributed by atoms with Crippen LogP contribution in [0.25, 0.3) is 5.70 Å². The first-order valence-corrected chi connectivity index (χ1v) is 10.8. The molecule has 0 aromatic heterocycles. The van der Waals surface area contributed by atoms with Crippen molar-refractivity contribution in [2.75, 3.05) is 12.4 Å². The van der Waals surface area contributed by atoms with Crippen LogP contribution < -0.4 is 16.4 Å². The summed E-state index contributed by atoms with van der Waals surface area (Å²) in [5.41, 5.74) is 12.3. The standard InChI is InChI=1S/C22H23N3.C7H7N/c1-24-22(16-21(23)17-8-4-2-5-9-17)18-12-14-20(15-13-18)25-19-10-6-3-7-11-19;1-8-7-5-3-2-4-6-7/h2-16,22,24-25H,23H2,1H3;2-6H,1H2/b21-16-;. The van der Waals surface area contributed by atoms with Crippen molar-refractivity contribution in [3.05, 3.63) is 132 Å². The minimum Gasteiger partial charge on any atom is -0.398 e. The molecule has 0 radical (unpaired) electrons. The maximum absolute atomic E-state index is 6.25. The van der Waals surface area contributed by atoms with Crippen molar-refractivity contribution in [1.29, 1.82) is 0 Å². The molecule has 0 saturated carbocycles. The smallest absolute Gasteiger partial charge is 0.0622 e. The Balaban J connectivity index is 0.000000323. The molecule has 0 spiro atoms. The average Bonchev–Trinajstić information content (AvgIpc) is 2.89. The molecule has 33 heavy (non-hydrogen) atoms. The lowest BCUT2D eigenvalue weighted by atomic mass is 10.0. The Labute approximate surface area is 196 Å². The zero-order valence-electron chi connectivity index (χ0n) is 18.9. The van der Waals surface area contributed by atoms with Crippen molar-refractivity contribution in [2.45, 2.75) is 6.04 Å². The van der Waals surface area contributed by atoms with E-state index in [9.17, 15) is 0 Å². The van der Waals surface area contributed by atoms with Gasteiger partial charge in [-0.3, -0.25) is 4.99 Å². The molecule has 1 atom stereocenters. The summed E-state index contributed by atoms with van der Waals surface area (Å²) in [6.45, 7) is 3.38. The predicted octanol–water partition coefficient (Wildman–Crippen LogP) is 6.71. The maximum Gasteiger partial charge on any atom is 0.0622 e. The molecule has 4 N–H and O–H groups in total. The fourth-order valence-electron chi connectivity index (χ4n) is 3.25. The third-order valence-corrected chi connectivity index (χ3v) is 5.04. The van der Waals surface area contributed by atoms with Gasteiger partial charge in [0, 0.05) is 17.1 Å². The number of aliphatic imine (C=N–C) groups is 1. The second-order valence-electron chi connectivity index (χ2n) is 7.36. The quantitative estimate of drug-likeness (QED) is 0.283. The van der Waals surface area contributed by atoms with Gasteiger partial charge >= 0.3 is 0 Å². The molecule has 166 valence electrons. The zero-order chi connectivity index (χ0) is 23.3. The molecule has 4 aromatic carbocycles. The highest BCUT2D eigenvalue weighted by Crippen LogP contribution is 2.22. The van der Waals surface area contributed by atoms with Gasteiger partial charge in [0.05, 0.1) is 11.7 Å². The third-order valence-electron chi connectivity index (χ3n) is 5.04. The van der Waals surface area contributed by atoms with Crippen molar-refractivity contribution in [1.82, 2.24) is 5.32 Å². The summed E-state index contributed by atoms with van der Waals surface area (Å²) in [5.74, 6) is 0. The van der Waals surface area contributed by atoms with Crippen molar-refractivity contribution >= 4 is 29.5 Å². The summed E-state index contributed by atoms with van der Waals surface area (Å²) in [6.07, 6.45) is 2.05. The minimum absolute atomic E-state index is 0.0611. The molecule has 4 aromatic rings. The van der Waals surface area contributed by atoms with Crippen LogP contribution in [-0.4, -0.2) is 13.8 Å². The van der Waals surface area contributed by atoms with Crippen LogP contribution in [0.5, 0.6) is 0 Å². The molecular weight excluding hydrogens is 404 g/mol. The lowest BCUT2D eigenvalue weighted by Gasteiger charge is -2.15. The summed E-state index contributed by atoms with van der Waals surface area (Å²) in [4.78, 5) is 3.72. The summed E-state index contributed by atoms with van der Waals surface area (Å²) in [7, 11) is 1.94. The fourth-order valence-corrected chi connectivity index (χ4v) is 3.25. The Kier molecular flexibility index (Phi) is 9.01. The van der Waals surface area contributed by atoms with E-state index in [1.54, 1.807) is 0 Å². The van der Waals surface area contributed by atoms with E-state index in [1.807, 2.05) is 98.0 Å². The number of nitrogens with two attached hydrogens (primary N) is 1. The van der Waals surface area contributed by atoms with Crippen LogP contribution in [0.3, 0.4) is 0 Å². The topological polar surface area (TPSA) is 62.4 Å². The van der Waals surface area contributed by atoms with E-state index in [1.165, 1.54) is 5.56 Å². The number of nitrogens with one attached hydrogen (secondary N) is 2. The highest BCUT2D eigenvalue weighted by atomic mass is 14.9. The van der Waals surface area contributed by atoms with Crippen LogP contribution >= 0.6 is 0 Å². The SMILES string of the molecule is C=Nc1ccccc1.CNC(/C=C(\N)c1ccccc1)c1ccc(Nc2ccccc2)cc1. The maximum atomic E-state index is 6.25. The Morgan fingerprint density at radius 2 is 1.27 bits per heavy atom. The molecule has 0 aliphatic carbocycles. The van der Waals surface area contributed by atoms with Crippen molar-refractivity contribution < 1.29 is 0 Å². The number of rotatable bonds is 7. The van der Waals surface area contributed by atoms with E-state index < -0.39 is 0 Å². The zero-order valence-corrected chi connectivity index (χ0v) is 18.9. The molecular formula is C29H30N4. The van der Waals surface area contributed by atoms with Gasteiger partial charge in [0.1, 0.15) is 0 Å². The summed E-state index contributed by atoms with van der Waals surface area (Å²) < 4.78 is 0. The Bertz CT molecular complexity index is 1120. The second kappa shape index (κ2) is 12.6. The lowest BCUT2D eigenvalue weighted by Crippen LogP contribution is -2.15. The second-order valence-corrected chi connectivity index (χ2v) is 7.36. The van der Waals surface area contributed by atoms with Crippen LogP contribution in [-0.2, 0) is 0 Å². The molecule has 0 bridgehead atoms. The van der Waals surface area contributed by atoms with Gasteiger partial charge in [0.25, 0.3) is 0 Å². The number of likely N-dealkylation sites (N-methyl/N-ethyl adjacent to an activating group) is 1. The molecule has 4 heteroatoms. The van der Waals surface area contributed by atoms with Crippen LogP contribution in [0.4, 0.5) is 17.1 Å². The van der Waals surface area contributed by atoms with Crippen molar-refractivity contribution in [3.8, 4) is 0 Å². The molecule has 0 fully saturated rings. The minimum atomic E-state index is 0.0611. The van der Waals surface area contributed by atoms with Crippen LogP contribution in [0.2, 0.25) is 0 Å². The molecule has 1 unspecified atom stereocenters. The summed E-state index contributed by atoms with van der Waals surface area (Å²) >= 11 is 0. The molecule has 4 rings (SSSR count). The lowest BCUT2D eigenvalue weighted by molar-refractivity contribution is 0.715. The van der Waals surface area contributed by atoms with Gasteiger partial charge in [-0.25, -0.2) is 0 Å². The normalized spacial score (nSPS) is 11.6. The Morgan fingerprint density at radius 3 is 1.79 bits per heavy atom. The van der Waals surface area contributed by atoms with Crippen LogP contribution in [0, 0.1) is 0 Å². The number of anilines is 2. The summed E-state index contributed by atoms with van der Waals surface area (Å²) in [5, 5.41) is 6.71. The number of para-hydroxylation sites is 2. The molecule has 0 aliphatic heterocycles. The van der Waals surface area contributed by atoms with Gasteiger partial charge in [-0.2, -0.15) is 0 Å². The van der Waals surface area contributed by atoms with Gasteiger partial charge in [-0.05, 0) is 67.4 Å². The molecule has 4 nitrogen and oxygen atoms in total. The van der Waals surface area contributed by atoms with E-state index in [4.69, 9.17) is 5.73 Å². The van der Waals surface area contributed by atoms with Crippen molar-refractivity contribution in [3.63, 3.8) is 0 Å². The first-order chi connectivity index (χ1) is 16.2. The number of nitrogens with zero attached hydrogens (tertiary/aromatic N) is 1. The summed E-state index contributed by atoms with van der Waals surface area (Å²) in [6, 6.07) is 38.3. The van der Waals surface area contributed by atoms with Gasteiger partial charge in [-0.15, -0.1) is 0 Å². The van der Waals surface area contributed by atoms with Gasteiger partial charge < -0.3 is 16.4 Å². The molecule has 0 aliphatic rings. The first kappa shape index (κ1) is 23.5. The molecule has 0 amide bonds. The van der Waals surface area contributed by atoms with Crippen molar-refractivity contribution in [2.24, 2.45) is 10.7 Å². The number of benzene rings is 4. The van der Waals surface area contributed by atoms with E-state index in [2.05, 4.69) is 52.7 Å².